The number of rotatable bonds is 5. The maximum absolute atomic E-state index is 12.1. The summed E-state index contributed by atoms with van der Waals surface area (Å²) in [5, 5.41) is 13.6. The van der Waals surface area contributed by atoms with Crippen LogP contribution < -0.4 is 14.8 Å². The molecule has 7 nitrogen and oxygen atoms in total. The third-order valence-corrected chi connectivity index (χ3v) is 4.64. The van der Waals surface area contributed by atoms with Gasteiger partial charge in [0, 0.05) is 17.0 Å². The smallest absolute Gasteiger partial charge is 0.271 e. The van der Waals surface area contributed by atoms with E-state index in [-0.39, 0.29) is 28.1 Å². The number of benzene rings is 2. The molecule has 0 fully saturated rings. The van der Waals surface area contributed by atoms with Gasteiger partial charge in [0.1, 0.15) is 13.2 Å². The molecule has 0 radical (unpaired) electrons. The highest BCUT2D eigenvalue weighted by molar-refractivity contribution is 8.00. The van der Waals surface area contributed by atoms with Crippen molar-refractivity contribution >= 4 is 40.6 Å². The van der Waals surface area contributed by atoms with Gasteiger partial charge in [-0.3, -0.25) is 14.9 Å². The Morgan fingerprint density at radius 3 is 2.72 bits per heavy atom. The Morgan fingerprint density at radius 1 is 1.20 bits per heavy atom. The fraction of sp³-hybridized carbons (Fsp3) is 0.188. The minimum absolute atomic E-state index is 0.124. The molecule has 1 N–H and O–H groups in total. The molecule has 3 rings (SSSR count). The maximum atomic E-state index is 12.1. The Balaban J connectivity index is 1.62. The van der Waals surface area contributed by atoms with Crippen molar-refractivity contribution in [3.8, 4) is 11.5 Å². The zero-order valence-electron chi connectivity index (χ0n) is 12.9. The van der Waals surface area contributed by atoms with Crippen molar-refractivity contribution in [1.29, 1.82) is 0 Å². The van der Waals surface area contributed by atoms with E-state index >= 15 is 0 Å². The van der Waals surface area contributed by atoms with Gasteiger partial charge in [0.05, 0.1) is 21.4 Å². The standard InChI is InChI=1S/C16H13ClN2O5S/c17-12-3-1-10(19(21)22)7-13(12)18-16(20)9-25-11-2-4-14-15(8-11)24-6-5-23-14/h1-4,7-8H,5-6,9H2,(H,18,20). The van der Waals surface area contributed by atoms with E-state index in [9.17, 15) is 14.9 Å². The second-order valence-electron chi connectivity index (χ2n) is 5.06. The van der Waals surface area contributed by atoms with Crippen LogP contribution in [0.15, 0.2) is 41.3 Å². The Hall–Kier alpha value is -2.45. The first-order chi connectivity index (χ1) is 12.0. The number of nitro groups is 1. The van der Waals surface area contributed by atoms with Gasteiger partial charge in [0.25, 0.3) is 5.69 Å². The summed E-state index contributed by atoms with van der Waals surface area (Å²) >= 11 is 7.28. The van der Waals surface area contributed by atoms with E-state index in [4.69, 9.17) is 21.1 Å². The largest absolute Gasteiger partial charge is 0.486 e. The first-order valence-electron chi connectivity index (χ1n) is 7.29. The minimum atomic E-state index is -0.546. The first kappa shape index (κ1) is 17.4. The van der Waals surface area contributed by atoms with Crippen LogP contribution in [0.3, 0.4) is 0 Å². The number of ether oxygens (including phenoxy) is 2. The molecule has 0 spiro atoms. The SMILES string of the molecule is O=C(CSc1ccc2c(c1)OCCO2)Nc1cc([N+](=O)[O-])ccc1Cl. The highest BCUT2D eigenvalue weighted by atomic mass is 35.5. The van der Waals surface area contributed by atoms with Gasteiger partial charge in [0.2, 0.25) is 5.91 Å². The molecule has 0 aromatic heterocycles. The molecule has 1 amide bonds. The van der Waals surface area contributed by atoms with Crippen molar-refractivity contribution < 1.29 is 19.2 Å². The van der Waals surface area contributed by atoms with Crippen LogP contribution in [-0.4, -0.2) is 29.8 Å². The predicted molar refractivity (Wildman–Crippen MR) is 94.9 cm³/mol. The molecule has 9 heteroatoms. The molecule has 1 heterocycles. The van der Waals surface area contributed by atoms with Gasteiger partial charge in [-0.15, -0.1) is 11.8 Å². The van der Waals surface area contributed by atoms with Crippen LogP contribution in [0, 0.1) is 10.1 Å². The number of carbonyl (C=O) groups excluding carboxylic acids is 1. The summed E-state index contributed by atoms with van der Waals surface area (Å²) < 4.78 is 10.9. The molecular weight excluding hydrogens is 368 g/mol. The average Bonchev–Trinajstić information content (AvgIpc) is 2.61. The lowest BCUT2D eigenvalue weighted by Gasteiger charge is -2.18. The predicted octanol–water partition coefficient (Wildman–Crippen LogP) is 3.75. The summed E-state index contributed by atoms with van der Waals surface area (Å²) in [5.41, 5.74) is 0.0721. The van der Waals surface area contributed by atoms with Crippen LogP contribution in [0.25, 0.3) is 0 Å². The molecule has 130 valence electrons. The Labute approximate surface area is 152 Å². The molecule has 25 heavy (non-hydrogen) atoms. The number of thioether (sulfide) groups is 1. The van der Waals surface area contributed by atoms with Crippen LogP contribution in [0.5, 0.6) is 11.5 Å². The van der Waals surface area contributed by atoms with E-state index in [0.717, 1.165) is 4.90 Å². The minimum Gasteiger partial charge on any atom is -0.486 e. The summed E-state index contributed by atoms with van der Waals surface area (Å²) in [6, 6.07) is 9.34. The van der Waals surface area contributed by atoms with Crippen molar-refractivity contribution in [3.05, 3.63) is 51.5 Å². The molecule has 0 unspecified atom stereocenters. The summed E-state index contributed by atoms with van der Waals surface area (Å²) in [7, 11) is 0. The monoisotopic (exact) mass is 380 g/mol. The van der Waals surface area contributed by atoms with E-state index in [1.165, 1.54) is 30.0 Å². The Bertz CT molecular complexity index is 830. The third kappa shape index (κ3) is 4.34. The van der Waals surface area contributed by atoms with E-state index in [0.29, 0.717) is 24.7 Å². The summed E-state index contributed by atoms with van der Waals surface area (Å²) in [6.45, 7) is 1.01. The molecular formula is C16H13ClN2O5S. The van der Waals surface area contributed by atoms with Crippen LogP contribution in [0.1, 0.15) is 0 Å². The van der Waals surface area contributed by atoms with Gasteiger partial charge in [-0.2, -0.15) is 0 Å². The number of nitrogens with zero attached hydrogens (tertiary/aromatic N) is 1. The molecule has 0 saturated carbocycles. The summed E-state index contributed by atoms with van der Waals surface area (Å²) in [6.07, 6.45) is 0. The van der Waals surface area contributed by atoms with E-state index < -0.39 is 4.92 Å². The van der Waals surface area contributed by atoms with Crippen molar-refractivity contribution in [2.75, 3.05) is 24.3 Å². The van der Waals surface area contributed by atoms with Gasteiger partial charge < -0.3 is 14.8 Å². The van der Waals surface area contributed by atoms with Crippen LogP contribution in [-0.2, 0) is 4.79 Å². The fourth-order valence-electron chi connectivity index (χ4n) is 2.17. The summed E-state index contributed by atoms with van der Waals surface area (Å²) in [4.78, 5) is 23.2. The second-order valence-corrected chi connectivity index (χ2v) is 6.52. The number of amides is 1. The lowest BCUT2D eigenvalue weighted by Crippen LogP contribution is -2.15. The van der Waals surface area contributed by atoms with E-state index in [1.54, 1.807) is 6.07 Å². The molecule has 1 aliphatic rings. The van der Waals surface area contributed by atoms with Gasteiger partial charge in [-0.1, -0.05) is 11.6 Å². The number of fused-ring (bicyclic) bond motifs is 1. The molecule has 0 aliphatic carbocycles. The number of nitro benzene ring substituents is 1. The summed E-state index contributed by atoms with van der Waals surface area (Å²) in [5.74, 6) is 1.14. The van der Waals surface area contributed by atoms with Gasteiger partial charge in [-0.25, -0.2) is 0 Å². The number of halogens is 1. The normalized spacial score (nSPS) is 12.5. The lowest BCUT2D eigenvalue weighted by molar-refractivity contribution is -0.384. The first-order valence-corrected chi connectivity index (χ1v) is 8.65. The van der Waals surface area contributed by atoms with E-state index in [1.807, 2.05) is 12.1 Å². The zero-order valence-corrected chi connectivity index (χ0v) is 14.4. The van der Waals surface area contributed by atoms with Crippen LogP contribution in [0.2, 0.25) is 5.02 Å². The molecule has 0 atom stereocenters. The van der Waals surface area contributed by atoms with Gasteiger partial charge in [-0.05, 0) is 24.3 Å². The number of nitrogens with one attached hydrogen (secondary N) is 1. The van der Waals surface area contributed by atoms with Crippen molar-refractivity contribution in [2.24, 2.45) is 0 Å². The maximum Gasteiger partial charge on any atom is 0.271 e. The van der Waals surface area contributed by atoms with Crippen LogP contribution in [0.4, 0.5) is 11.4 Å². The topological polar surface area (TPSA) is 90.7 Å². The Morgan fingerprint density at radius 2 is 1.96 bits per heavy atom. The van der Waals surface area contributed by atoms with Gasteiger partial charge >= 0.3 is 0 Å². The third-order valence-electron chi connectivity index (χ3n) is 3.32. The Kier molecular flexibility index (Phi) is 5.30. The fourth-order valence-corrected chi connectivity index (χ4v) is 3.06. The van der Waals surface area contributed by atoms with Crippen molar-refractivity contribution in [3.63, 3.8) is 0 Å². The lowest BCUT2D eigenvalue weighted by atomic mass is 10.3. The second kappa shape index (κ2) is 7.62. The number of carbonyl (C=O) groups is 1. The van der Waals surface area contributed by atoms with Crippen LogP contribution >= 0.6 is 23.4 Å². The quantitative estimate of drug-likeness (QED) is 0.482. The van der Waals surface area contributed by atoms with Crippen molar-refractivity contribution in [1.82, 2.24) is 0 Å². The van der Waals surface area contributed by atoms with Gasteiger partial charge in [0.15, 0.2) is 11.5 Å². The molecule has 1 aliphatic heterocycles. The highest BCUT2D eigenvalue weighted by Gasteiger charge is 2.14. The number of anilines is 1. The van der Waals surface area contributed by atoms with Crippen molar-refractivity contribution in [2.45, 2.75) is 4.90 Å². The number of non-ortho nitro benzene ring substituents is 1. The zero-order chi connectivity index (χ0) is 17.8. The molecule has 2 aromatic rings. The molecule has 0 bridgehead atoms. The van der Waals surface area contributed by atoms with E-state index in [2.05, 4.69) is 5.32 Å². The molecule has 2 aromatic carbocycles. The highest BCUT2D eigenvalue weighted by Crippen LogP contribution is 2.34. The number of hydrogen-bond donors (Lipinski definition) is 1. The molecule has 0 saturated heterocycles. The number of hydrogen-bond acceptors (Lipinski definition) is 6. The average molecular weight is 381 g/mol.